The molecule has 17 heavy (non-hydrogen) atoms. The van der Waals surface area contributed by atoms with Gasteiger partial charge in [-0.1, -0.05) is 17.7 Å². The number of ether oxygens (including phenoxy) is 1. The van der Waals surface area contributed by atoms with E-state index in [1.165, 1.54) is 12.8 Å². The third-order valence-corrected chi connectivity index (χ3v) is 3.51. The lowest BCUT2D eigenvalue weighted by Crippen LogP contribution is -2.11. The fourth-order valence-electron chi connectivity index (χ4n) is 2.26. The monoisotopic (exact) mass is 254 g/mol. The number of benzene rings is 1. The normalized spacial score (nSPS) is 16.4. The molecule has 1 fully saturated rings. The topological polar surface area (TPSA) is 29.5 Å². The summed E-state index contributed by atoms with van der Waals surface area (Å²) in [6.45, 7) is 0.220. The SMILES string of the molecule is OCCCc1ccc(OC2CCCC2)c(Cl)c1. The molecule has 0 spiro atoms. The van der Waals surface area contributed by atoms with Gasteiger partial charge in [0.05, 0.1) is 11.1 Å². The molecule has 0 amide bonds. The third-order valence-electron chi connectivity index (χ3n) is 3.22. The average Bonchev–Trinajstić information content (AvgIpc) is 2.82. The molecule has 0 heterocycles. The van der Waals surface area contributed by atoms with Gasteiger partial charge in [-0.15, -0.1) is 0 Å². The number of hydrogen-bond acceptors (Lipinski definition) is 2. The minimum atomic E-state index is 0.220. The van der Waals surface area contributed by atoms with Crippen LogP contribution in [-0.4, -0.2) is 17.8 Å². The molecule has 0 saturated heterocycles. The Morgan fingerprint density at radius 2 is 2.06 bits per heavy atom. The van der Waals surface area contributed by atoms with Crippen molar-refractivity contribution in [3.63, 3.8) is 0 Å². The second-order valence-electron chi connectivity index (χ2n) is 4.62. The third kappa shape index (κ3) is 3.62. The van der Waals surface area contributed by atoms with Gasteiger partial charge in [-0.25, -0.2) is 0 Å². The molecule has 94 valence electrons. The molecular formula is C14H19ClO2. The van der Waals surface area contributed by atoms with Gasteiger partial charge in [0, 0.05) is 6.61 Å². The van der Waals surface area contributed by atoms with E-state index in [1.54, 1.807) is 0 Å². The Balaban J connectivity index is 1.98. The lowest BCUT2D eigenvalue weighted by Gasteiger charge is -2.14. The summed E-state index contributed by atoms with van der Waals surface area (Å²) >= 11 is 6.20. The summed E-state index contributed by atoms with van der Waals surface area (Å²) in [5.41, 5.74) is 1.16. The van der Waals surface area contributed by atoms with Gasteiger partial charge in [0.15, 0.2) is 0 Å². The zero-order valence-electron chi connectivity index (χ0n) is 9.99. The summed E-state index contributed by atoms with van der Waals surface area (Å²) < 4.78 is 5.88. The Labute approximate surface area is 108 Å². The zero-order chi connectivity index (χ0) is 12.1. The predicted molar refractivity (Wildman–Crippen MR) is 69.7 cm³/mol. The van der Waals surface area contributed by atoms with Crippen LogP contribution in [0.5, 0.6) is 5.75 Å². The Morgan fingerprint density at radius 3 is 2.71 bits per heavy atom. The van der Waals surface area contributed by atoms with Crippen LogP contribution in [0.4, 0.5) is 0 Å². The first-order valence-corrected chi connectivity index (χ1v) is 6.73. The molecule has 2 rings (SSSR count). The van der Waals surface area contributed by atoms with Crippen LogP contribution in [0.1, 0.15) is 37.7 Å². The van der Waals surface area contributed by atoms with E-state index in [9.17, 15) is 0 Å². The van der Waals surface area contributed by atoms with Crippen molar-refractivity contribution < 1.29 is 9.84 Å². The van der Waals surface area contributed by atoms with Crippen molar-refractivity contribution in [2.45, 2.75) is 44.6 Å². The molecule has 1 aliphatic rings. The van der Waals surface area contributed by atoms with E-state index in [1.807, 2.05) is 18.2 Å². The summed E-state index contributed by atoms with van der Waals surface area (Å²) in [6, 6.07) is 5.93. The predicted octanol–water partition coefficient (Wildman–Crippen LogP) is 3.59. The van der Waals surface area contributed by atoms with Crippen LogP contribution in [0, 0.1) is 0 Å². The van der Waals surface area contributed by atoms with Gasteiger partial charge in [0.1, 0.15) is 5.75 Å². The highest BCUT2D eigenvalue weighted by molar-refractivity contribution is 6.32. The zero-order valence-corrected chi connectivity index (χ0v) is 10.7. The number of aliphatic hydroxyl groups excluding tert-OH is 1. The van der Waals surface area contributed by atoms with E-state index < -0.39 is 0 Å². The highest BCUT2D eigenvalue weighted by Crippen LogP contribution is 2.30. The molecule has 2 nitrogen and oxygen atoms in total. The first-order chi connectivity index (χ1) is 8.29. The van der Waals surface area contributed by atoms with Crippen LogP contribution >= 0.6 is 11.6 Å². The van der Waals surface area contributed by atoms with Gasteiger partial charge < -0.3 is 9.84 Å². The van der Waals surface area contributed by atoms with Crippen LogP contribution in [-0.2, 0) is 6.42 Å². The van der Waals surface area contributed by atoms with Crippen LogP contribution in [0.3, 0.4) is 0 Å². The van der Waals surface area contributed by atoms with Crippen molar-refractivity contribution >= 4 is 11.6 Å². The molecule has 1 saturated carbocycles. The number of halogens is 1. The molecule has 1 aliphatic carbocycles. The van der Waals surface area contributed by atoms with Crippen molar-refractivity contribution in [2.75, 3.05) is 6.61 Å². The van der Waals surface area contributed by atoms with Crippen molar-refractivity contribution in [1.29, 1.82) is 0 Å². The summed E-state index contributed by atoms with van der Waals surface area (Å²) in [6.07, 6.45) is 6.79. The second kappa shape index (κ2) is 6.27. The lowest BCUT2D eigenvalue weighted by atomic mass is 10.1. The molecule has 0 unspecified atom stereocenters. The second-order valence-corrected chi connectivity index (χ2v) is 5.02. The van der Waals surface area contributed by atoms with E-state index in [-0.39, 0.29) is 6.61 Å². The maximum absolute atomic E-state index is 8.78. The first-order valence-electron chi connectivity index (χ1n) is 6.35. The lowest BCUT2D eigenvalue weighted by molar-refractivity contribution is 0.210. The van der Waals surface area contributed by atoms with E-state index >= 15 is 0 Å². The Kier molecular flexibility index (Phi) is 4.69. The smallest absolute Gasteiger partial charge is 0.138 e. The number of rotatable bonds is 5. The molecule has 0 aliphatic heterocycles. The van der Waals surface area contributed by atoms with Crippen LogP contribution < -0.4 is 4.74 Å². The maximum atomic E-state index is 8.78. The number of aryl methyl sites for hydroxylation is 1. The van der Waals surface area contributed by atoms with Crippen LogP contribution in [0.15, 0.2) is 18.2 Å². The Morgan fingerprint density at radius 1 is 1.29 bits per heavy atom. The molecule has 0 aromatic heterocycles. The summed E-state index contributed by atoms with van der Waals surface area (Å²) in [5, 5.41) is 9.47. The van der Waals surface area contributed by atoms with Gasteiger partial charge in [-0.05, 0) is 56.2 Å². The molecule has 0 radical (unpaired) electrons. The minimum Gasteiger partial charge on any atom is -0.489 e. The standard InChI is InChI=1S/C14H19ClO2/c15-13-10-11(4-3-9-16)7-8-14(13)17-12-5-1-2-6-12/h7-8,10,12,16H,1-6,9H2. The Hall–Kier alpha value is -0.730. The number of hydrogen-bond donors (Lipinski definition) is 1. The van der Waals surface area contributed by atoms with Crippen molar-refractivity contribution in [1.82, 2.24) is 0 Å². The molecule has 1 aromatic rings. The van der Waals surface area contributed by atoms with Crippen LogP contribution in [0.2, 0.25) is 5.02 Å². The van der Waals surface area contributed by atoms with Gasteiger partial charge >= 0.3 is 0 Å². The highest BCUT2D eigenvalue weighted by atomic mass is 35.5. The van der Waals surface area contributed by atoms with Crippen molar-refractivity contribution in [3.05, 3.63) is 28.8 Å². The van der Waals surface area contributed by atoms with Crippen LogP contribution in [0.25, 0.3) is 0 Å². The highest BCUT2D eigenvalue weighted by Gasteiger charge is 2.17. The Bertz CT molecular complexity index is 359. The summed E-state index contributed by atoms with van der Waals surface area (Å²) in [4.78, 5) is 0. The first kappa shape index (κ1) is 12.7. The molecule has 3 heteroatoms. The molecule has 0 bridgehead atoms. The van der Waals surface area contributed by atoms with Gasteiger partial charge in [-0.3, -0.25) is 0 Å². The summed E-state index contributed by atoms with van der Waals surface area (Å²) in [5.74, 6) is 0.798. The molecule has 1 aromatic carbocycles. The quantitative estimate of drug-likeness (QED) is 0.870. The molecular weight excluding hydrogens is 236 g/mol. The van der Waals surface area contributed by atoms with Gasteiger partial charge in [0.25, 0.3) is 0 Å². The minimum absolute atomic E-state index is 0.220. The average molecular weight is 255 g/mol. The summed E-state index contributed by atoms with van der Waals surface area (Å²) in [7, 11) is 0. The fraction of sp³-hybridized carbons (Fsp3) is 0.571. The van der Waals surface area contributed by atoms with Gasteiger partial charge in [-0.2, -0.15) is 0 Å². The van der Waals surface area contributed by atoms with E-state index in [4.69, 9.17) is 21.4 Å². The van der Waals surface area contributed by atoms with E-state index in [0.717, 1.165) is 37.0 Å². The van der Waals surface area contributed by atoms with Crippen molar-refractivity contribution in [3.8, 4) is 5.75 Å². The fourth-order valence-corrected chi connectivity index (χ4v) is 2.51. The van der Waals surface area contributed by atoms with E-state index in [2.05, 4.69) is 0 Å². The number of aliphatic hydroxyl groups is 1. The molecule has 1 N–H and O–H groups in total. The largest absolute Gasteiger partial charge is 0.489 e. The maximum Gasteiger partial charge on any atom is 0.138 e. The van der Waals surface area contributed by atoms with Crippen molar-refractivity contribution in [2.24, 2.45) is 0 Å². The van der Waals surface area contributed by atoms with E-state index in [0.29, 0.717) is 11.1 Å². The molecule has 0 atom stereocenters. The van der Waals surface area contributed by atoms with Gasteiger partial charge in [0.2, 0.25) is 0 Å².